The van der Waals surface area contributed by atoms with Gasteiger partial charge in [0.15, 0.2) is 15.8 Å². The topological polar surface area (TPSA) is 83.8 Å². The first-order valence-electron chi connectivity index (χ1n) is 9.40. The van der Waals surface area contributed by atoms with E-state index in [2.05, 4.69) is 21.6 Å². The average Bonchev–Trinajstić information content (AvgIpc) is 3.22. The predicted octanol–water partition coefficient (Wildman–Crippen LogP) is 5.07. The Bertz CT molecular complexity index is 1200. The van der Waals surface area contributed by atoms with Crippen LogP contribution in [0.15, 0.2) is 76.2 Å². The molecule has 156 valence electrons. The Labute approximate surface area is 187 Å². The summed E-state index contributed by atoms with van der Waals surface area (Å²) in [5.74, 6) is 0.870. The van der Waals surface area contributed by atoms with Crippen LogP contribution in [0.25, 0.3) is 10.2 Å². The highest BCUT2D eigenvalue weighted by molar-refractivity contribution is 8.00. The molecule has 0 aliphatic carbocycles. The van der Waals surface area contributed by atoms with Crippen molar-refractivity contribution < 1.29 is 14.6 Å². The van der Waals surface area contributed by atoms with E-state index in [4.69, 9.17) is 4.74 Å². The first-order chi connectivity index (χ1) is 15.1. The summed E-state index contributed by atoms with van der Waals surface area (Å²) in [6.07, 6.45) is 1.49. The van der Waals surface area contributed by atoms with E-state index in [9.17, 15) is 9.90 Å². The molecule has 0 radical (unpaired) electrons. The molecule has 0 saturated heterocycles. The van der Waals surface area contributed by atoms with Gasteiger partial charge in [0.1, 0.15) is 0 Å². The molecule has 0 aliphatic heterocycles. The van der Waals surface area contributed by atoms with E-state index < -0.39 is 0 Å². The van der Waals surface area contributed by atoms with Gasteiger partial charge in [-0.1, -0.05) is 36.0 Å². The number of aromatic hydroxyl groups is 1. The van der Waals surface area contributed by atoms with Crippen LogP contribution in [0.2, 0.25) is 0 Å². The number of rotatable bonds is 7. The number of thioether (sulfide) groups is 1. The van der Waals surface area contributed by atoms with Gasteiger partial charge in [-0.3, -0.25) is 4.79 Å². The van der Waals surface area contributed by atoms with E-state index in [1.54, 1.807) is 47.4 Å². The van der Waals surface area contributed by atoms with Crippen molar-refractivity contribution in [3.05, 3.63) is 83.4 Å². The van der Waals surface area contributed by atoms with Gasteiger partial charge >= 0.3 is 0 Å². The molecule has 0 bridgehead atoms. The van der Waals surface area contributed by atoms with Gasteiger partial charge in [-0.15, -0.1) is 11.3 Å². The number of aromatic nitrogens is 1. The maximum atomic E-state index is 12.3. The molecule has 0 spiro atoms. The number of phenolic OH excluding ortho intramolecular Hbond substituents is 1. The molecule has 2 N–H and O–H groups in total. The molecule has 0 saturated carbocycles. The first-order valence-corrected chi connectivity index (χ1v) is 11.2. The third-order valence-electron chi connectivity index (χ3n) is 4.44. The number of amides is 1. The van der Waals surface area contributed by atoms with Crippen molar-refractivity contribution in [2.24, 2.45) is 5.10 Å². The van der Waals surface area contributed by atoms with Gasteiger partial charge in [0.25, 0.3) is 5.91 Å². The molecule has 0 fully saturated rings. The number of carbonyl (C=O) groups is 1. The van der Waals surface area contributed by atoms with E-state index in [0.29, 0.717) is 16.9 Å². The van der Waals surface area contributed by atoms with Gasteiger partial charge in [-0.25, -0.2) is 10.4 Å². The van der Waals surface area contributed by atoms with Crippen LogP contribution < -0.4 is 10.2 Å². The van der Waals surface area contributed by atoms with Crippen molar-refractivity contribution in [2.75, 3.05) is 7.11 Å². The maximum absolute atomic E-state index is 12.3. The van der Waals surface area contributed by atoms with Crippen molar-refractivity contribution in [1.29, 1.82) is 0 Å². The van der Waals surface area contributed by atoms with Crippen molar-refractivity contribution in [3.8, 4) is 11.5 Å². The normalized spacial score (nSPS) is 11.1. The second kappa shape index (κ2) is 9.63. The number of nitrogens with one attached hydrogen (secondary N) is 1. The third-order valence-corrected chi connectivity index (χ3v) is 6.69. The number of benzene rings is 3. The highest BCUT2D eigenvalue weighted by Gasteiger charge is 2.07. The molecular weight excluding hydrogens is 430 g/mol. The number of hydrazone groups is 1. The van der Waals surface area contributed by atoms with Crippen LogP contribution in [0, 0.1) is 0 Å². The minimum Gasteiger partial charge on any atom is -0.504 e. The molecule has 6 nitrogen and oxygen atoms in total. The summed E-state index contributed by atoms with van der Waals surface area (Å²) in [5.41, 5.74) is 5.85. The molecule has 1 amide bonds. The standard InChI is InChI=1S/C23H19N3O3S2/c1-29-20-12-16(8-11-19(20)27)13-24-26-22(28)17-9-6-15(7-10-17)14-30-23-25-18-4-2-3-5-21(18)31-23/h2-13,27H,14H2,1H3,(H,26,28). The van der Waals surface area contributed by atoms with Crippen LogP contribution in [0.5, 0.6) is 11.5 Å². The fourth-order valence-electron chi connectivity index (χ4n) is 2.81. The number of methoxy groups -OCH3 is 1. The Morgan fingerprint density at radius 2 is 2.00 bits per heavy atom. The number of hydrogen-bond donors (Lipinski definition) is 2. The van der Waals surface area contributed by atoms with Gasteiger partial charge in [0, 0.05) is 11.3 Å². The SMILES string of the molecule is COc1cc(C=NNC(=O)c2ccc(CSc3nc4ccccc4s3)cc2)ccc1O. The fraction of sp³-hybridized carbons (Fsp3) is 0.0870. The largest absolute Gasteiger partial charge is 0.504 e. The number of thiazole rings is 1. The Morgan fingerprint density at radius 1 is 1.19 bits per heavy atom. The number of ether oxygens (including phenoxy) is 1. The summed E-state index contributed by atoms with van der Waals surface area (Å²) < 4.78 is 7.27. The Hall–Kier alpha value is -3.36. The number of hydrogen-bond acceptors (Lipinski definition) is 7. The molecule has 4 rings (SSSR count). The molecule has 31 heavy (non-hydrogen) atoms. The van der Waals surface area contributed by atoms with Crippen LogP contribution >= 0.6 is 23.1 Å². The fourth-order valence-corrected chi connectivity index (χ4v) is 4.84. The van der Waals surface area contributed by atoms with Gasteiger partial charge in [0.05, 0.1) is 23.5 Å². The van der Waals surface area contributed by atoms with Crippen LogP contribution in [0.4, 0.5) is 0 Å². The lowest BCUT2D eigenvalue weighted by Gasteiger charge is -2.04. The molecule has 8 heteroatoms. The van der Waals surface area contributed by atoms with Gasteiger partial charge in [-0.05, 0) is 53.6 Å². The van der Waals surface area contributed by atoms with Crippen molar-refractivity contribution >= 4 is 45.4 Å². The van der Waals surface area contributed by atoms with Gasteiger partial charge < -0.3 is 9.84 Å². The zero-order chi connectivity index (χ0) is 21.6. The van der Waals surface area contributed by atoms with Gasteiger partial charge in [-0.2, -0.15) is 5.10 Å². The van der Waals surface area contributed by atoms with Crippen LogP contribution in [0.3, 0.4) is 0 Å². The monoisotopic (exact) mass is 449 g/mol. The highest BCUT2D eigenvalue weighted by Crippen LogP contribution is 2.31. The first kappa shape index (κ1) is 20.9. The molecule has 0 aliphatic rings. The summed E-state index contributed by atoms with van der Waals surface area (Å²) in [6, 6.07) is 20.3. The quantitative estimate of drug-likeness (QED) is 0.234. The average molecular weight is 450 g/mol. The van der Waals surface area contributed by atoms with E-state index in [0.717, 1.165) is 21.2 Å². The number of carbonyl (C=O) groups excluding carboxylic acids is 1. The minimum absolute atomic E-state index is 0.0464. The van der Waals surface area contributed by atoms with Crippen LogP contribution in [-0.4, -0.2) is 29.3 Å². The lowest BCUT2D eigenvalue weighted by Crippen LogP contribution is -2.17. The third kappa shape index (κ3) is 5.22. The van der Waals surface area contributed by atoms with Crippen LogP contribution in [-0.2, 0) is 5.75 Å². The molecular formula is C23H19N3O3S2. The number of para-hydroxylation sites is 1. The van der Waals surface area contributed by atoms with E-state index in [-0.39, 0.29) is 11.7 Å². The second-order valence-electron chi connectivity index (χ2n) is 6.56. The smallest absolute Gasteiger partial charge is 0.271 e. The highest BCUT2D eigenvalue weighted by atomic mass is 32.2. The second-order valence-corrected chi connectivity index (χ2v) is 8.82. The van der Waals surface area contributed by atoms with E-state index in [1.165, 1.54) is 24.1 Å². The van der Waals surface area contributed by atoms with Crippen molar-refractivity contribution in [2.45, 2.75) is 10.1 Å². The molecule has 0 unspecified atom stereocenters. The molecule has 1 heterocycles. The number of phenols is 1. The van der Waals surface area contributed by atoms with E-state index in [1.807, 2.05) is 30.3 Å². The molecule has 1 aromatic heterocycles. The van der Waals surface area contributed by atoms with Crippen molar-refractivity contribution in [3.63, 3.8) is 0 Å². The van der Waals surface area contributed by atoms with Crippen LogP contribution in [0.1, 0.15) is 21.5 Å². The molecule has 3 aromatic carbocycles. The molecule has 4 aromatic rings. The summed E-state index contributed by atoms with van der Waals surface area (Å²) in [7, 11) is 1.47. The Kier molecular flexibility index (Phi) is 6.49. The number of nitrogens with zero attached hydrogens (tertiary/aromatic N) is 2. The summed E-state index contributed by atoms with van der Waals surface area (Å²) >= 11 is 3.37. The summed E-state index contributed by atoms with van der Waals surface area (Å²) in [6.45, 7) is 0. The zero-order valence-corrected chi connectivity index (χ0v) is 18.2. The molecule has 0 atom stereocenters. The zero-order valence-electron chi connectivity index (χ0n) is 16.6. The minimum atomic E-state index is -0.299. The Morgan fingerprint density at radius 3 is 2.77 bits per heavy atom. The van der Waals surface area contributed by atoms with E-state index >= 15 is 0 Å². The Balaban J connectivity index is 1.32. The summed E-state index contributed by atoms with van der Waals surface area (Å²) in [5, 5.41) is 13.6. The van der Waals surface area contributed by atoms with Gasteiger partial charge in [0.2, 0.25) is 0 Å². The lowest BCUT2D eigenvalue weighted by atomic mass is 10.1. The van der Waals surface area contributed by atoms with Crippen molar-refractivity contribution in [1.82, 2.24) is 10.4 Å². The number of fused-ring (bicyclic) bond motifs is 1. The lowest BCUT2D eigenvalue weighted by molar-refractivity contribution is 0.0955. The predicted molar refractivity (Wildman–Crippen MR) is 125 cm³/mol. The maximum Gasteiger partial charge on any atom is 0.271 e. The summed E-state index contributed by atoms with van der Waals surface area (Å²) in [4.78, 5) is 16.9.